The zero-order chi connectivity index (χ0) is 35.1. The highest BCUT2D eigenvalue weighted by molar-refractivity contribution is 7.81. The molecule has 0 aliphatic rings. The summed E-state index contributed by atoms with van der Waals surface area (Å²) in [6.45, 7) is 0. The Hall–Kier alpha value is -3.52. The molecule has 6 rings (SSSR count). The van der Waals surface area contributed by atoms with Crippen molar-refractivity contribution in [3.8, 4) is 11.1 Å². The van der Waals surface area contributed by atoms with Gasteiger partial charge in [-0.3, -0.25) is 9.13 Å². The van der Waals surface area contributed by atoms with E-state index < -0.39 is 31.0 Å². The van der Waals surface area contributed by atoms with Crippen LogP contribution in [0.2, 0.25) is 0 Å². The lowest BCUT2D eigenvalue weighted by Crippen LogP contribution is -2.33. The second-order valence-electron chi connectivity index (χ2n) is 11.1. The van der Waals surface area contributed by atoms with Crippen LogP contribution in [0.5, 0.6) is 0 Å². The third-order valence-corrected chi connectivity index (χ3v) is 17.2. The van der Waals surface area contributed by atoms with Gasteiger partial charge in [0.25, 0.3) is 0 Å². The second-order valence-corrected chi connectivity index (χ2v) is 19.9. The first-order valence-corrected chi connectivity index (χ1v) is 21.7. The van der Waals surface area contributed by atoms with E-state index in [9.17, 15) is 9.13 Å². The van der Waals surface area contributed by atoms with Crippen LogP contribution < -0.4 is 42.4 Å². The van der Waals surface area contributed by atoms with Crippen LogP contribution in [0.3, 0.4) is 0 Å². The Labute approximate surface area is 297 Å². The van der Waals surface area contributed by atoms with Crippen molar-refractivity contribution in [1.82, 2.24) is 0 Å². The van der Waals surface area contributed by atoms with Gasteiger partial charge in [-0.2, -0.15) is 0 Å². The van der Waals surface area contributed by atoms with Gasteiger partial charge in [0.1, 0.15) is 0 Å². The number of rotatable bonds is 13. The van der Waals surface area contributed by atoms with E-state index in [4.69, 9.17) is 18.1 Å². The van der Waals surface area contributed by atoms with E-state index in [-0.39, 0.29) is 0 Å². The Bertz CT molecular complexity index is 1880. The van der Waals surface area contributed by atoms with E-state index in [1.165, 1.54) is 28.4 Å². The zero-order valence-corrected chi connectivity index (χ0v) is 31.8. The minimum absolute atomic E-state index is 0.364. The van der Waals surface area contributed by atoms with Crippen LogP contribution in [-0.4, -0.2) is 28.4 Å². The number of benzene rings is 6. The van der Waals surface area contributed by atoms with Crippen molar-refractivity contribution in [2.45, 2.75) is 0 Å². The summed E-state index contributed by atoms with van der Waals surface area (Å²) in [5.74, 6) is 0. The molecule has 0 aliphatic carbocycles. The maximum Gasteiger partial charge on any atom is 0.361 e. The predicted octanol–water partition coefficient (Wildman–Crippen LogP) is 7.09. The molecular weight excluding hydrogens is 700 g/mol. The highest BCUT2D eigenvalue weighted by atomic mass is 31.2. The molecule has 0 heterocycles. The molecule has 6 aromatic carbocycles. The average Bonchev–Trinajstić information content (AvgIpc) is 3.19. The van der Waals surface area contributed by atoms with Gasteiger partial charge in [0.05, 0.1) is 10.6 Å². The van der Waals surface area contributed by atoms with Crippen molar-refractivity contribution in [2.75, 3.05) is 28.4 Å². The zero-order valence-electron chi connectivity index (χ0n) is 28.2. The summed E-state index contributed by atoms with van der Waals surface area (Å²) in [6.07, 6.45) is 0. The summed E-state index contributed by atoms with van der Waals surface area (Å²) in [5.41, 5.74) is 1.25. The van der Waals surface area contributed by atoms with E-state index in [0.717, 1.165) is 31.8 Å². The van der Waals surface area contributed by atoms with E-state index in [1.54, 1.807) is 12.1 Å². The molecule has 0 aromatic heterocycles. The highest BCUT2D eigenvalue weighted by Gasteiger charge is 2.39. The topological polar surface area (TPSA) is 71.1 Å². The average molecular weight is 739 g/mol. The Morgan fingerprint density at radius 3 is 0.860 bits per heavy atom. The Kier molecular flexibility index (Phi) is 11.8. The van der Waals surface area contributed by atoms with E-state index in [0.29, 0.717) is 21.7 Å². The van der Waals surface area contributed by atoms with Gasteiger partial charge >= 0.3 is 15.2 Å². The second kappa shape index (κ2) is 16.2. The van der Waals surface area contributed by atoms with Gasteiger partial charge < -0.3 is 18.1 Å². The normalized spacial score (nSPS) is 12.0. The molecule has 0 fully saturated rings. The number of hydrogen-bond donors (Lipinski definition) is 0. The SMILES string of the molecule is COP(=O)(OC)c1cccc(P(c2ccccc2)c2ccccc2)c1-c1c(P(c2ccccc2)c2ccccc2)cccc1P(=O)(OC)OC. The Morgan fingerprint density at radius 2 is 0.620 bits per heavy atom. The van der Waals surface area contributed by atoms with Crippen LogP contribution in [-0.2, 0) is 27.2 Å². The molecule has 6 nitrogen and oxygen atoms in total. The lowest BCUT2D eigenvalue weighted by atomic mass is 10.1. The summed E-state index contributed by atoms with van der Waals surface area (Å²) >= 11 is 0. The molecule has 0 saturated carbocycles. The van der Waals surface area contributed by atoms with Crippen LogP contribution >= 0.6 is 31.0 Å². The van der Waals surface area contributed by atoms with Crippen molar-refractivity contribution in [1.29, 1.82) is 0 Å². The molecule has 0 atom stereocenters. The molecule has 0 spiro atoms. The standard InChI is InChI=1S/C40H38O6P4/c1-43-49(41,44-2)37-29-17-27-35(47(31-19-9-5-10-20-31)32-21-11-6-12-22-32)39(37)40-36(28-18-30-38(40)50(42,45-3)46-4)48(33-23-13-7-14-24-33)34-25-15-8-16-26-34/h5-30H,1-4H3. The first kappa shape index (κ1) is 36.3. The molecule has 0 unspecified atom stereocenters. The fourth-order valence-electron chi connectivity index (χ4n) is 6.10. The molecule has 0 N–H and O–H groups in total. The minimum Gasteiger partial charge on any atom is -0.309 e. The van der Waals surface area contributed by atoms with Crippen LogP contribution in [0.4, 0.5) is 0 Å². The Balaban J connectivity index is 1.84. The minimum atomic E-state index is -3.92. The van der Waals surface area contributed by atoms with E-state index in [1.807, 2.05) is 84.9 Å². The van der Waals surface area contributed by atoms with Crippen LogP contribution in [0.25, 0.3) is 11.1 Å². The molecule has 0 radical (unpaired) electrons. The molecule has 254 valence electrons. The summed E-state index contributed by atoms with van der Waals surface area (Å²) < 4.78 is 52.5. The third-order valence-electron chi connectivity index (χ3n) is 8.38. The van der Waals surface area contributed by atoms with Gasteiger partial charge in [0.15, 0.2) is 0 Å². The smallest absolute Gasteiger partial charge is 0.309 e. The van der Waals surface area contributed by atoms with Crippen molar-refractivity contribution in [2.24, 2.45) is 0 Å². The van der Waals surface area contributed by atoms with Crippen LogP contribution in [0.15, 0.2) is 158 Å². The summed E-state index contributed by atoms with van der Waals surface area (Å²) in [4.78, 5) is 0. The van der Waals surface area contributed by atoms with Crippen molar-refractivity contribution >= 4 is 73.5 Å². The lowest BCUT2D eigenvalue weighted by molar-refractivity contribution is 0.286. The lowest BCUT2D eigenvalue weighted by Gasteiger charge is -2.31. The molecule has 0 aliphatic heterocycles. The van der Waals surface area contributed by atoms with Gasteiger partial charge in [-0.05, 0) is 59.8 Å². The molecule has 0 amide bonds. The monoisotopic (exact) mass is 738 g/mol. The van der Waals surface area contributed by atoms with Crippen LogP contribution in [0.1, 0.15) is 0 Å². The fraction of sp³-hybridized carbons (Fsp3) is 0.100. The van der Waals surface area contributed by atoms with Crippen LogP contribution in [0, 0.1) is 0 Å². The summed E-state index contributed by atoms with van der Waals surface area (Å²) in [5, 5.41) is 6.87. The van der Waals surface area contributed by atoms with E-state index >= 15 is 0 Å². The summed E-state index contributed by atoms with van der Waals surface area (Å²) in [6, 6.07) is 52.6. The molecule has 10 heteroatoms. The molecule has 6 aromatic rings. The molecular formula is C40H38O6P4. The quantitative estimate of drug-likeness (QED) is 0.118. The molecule has 50 heavy (non-hydrogen) atoms. The summed E-state index contributed by atoms with van der Waals surface area (Å²) in [7, 11) is -4.80. The Morgan fingerprint density at radius 1 is 0.360 bits per heavy atom. The number of hydrogen-bond acceptors (Lipinski definition) is 6. The van der Waals surface area contributed by atoms with Gasteiger partial charge in [0, 0.05) is 39.6 Å². The first-order chi connectivity index (χ1) is 24.4. The van der Waals surface area contributed by atoms with Gasteiger partial charge in [-0.25, -0.2) is 0 Å². The molecule has 0 bridgehead atoms. The first-order valence-electron chi connectivity index (χ1n) is 15.9. The van der Waals surface area contributed by atoms with Crippen molar-refractivity contribution in [3.05, 3.63) is 158 Å². The predicted molar refractivity (Wildman–Crippen MR) is 212 cm³/mol. The largest absolute Gasteiger partial charge is 0.361 e. The van der Waals surface area contributed by atoms with Crippen molar-refractivity contribution < 1.29 is 27.2 Å². The fourth-order valence-corrected chi connectivity index (χ4v) is 13.9. The third kappa shape index (κ3) is 7.15. The van der Waals surface area contributed by atoms with Crippen molar-refractivity contribution in [3.63, 3.8) is 0 Å². The molecule has 0 saturated heterocycles. The van der Waals surface area contributed by atoms with Gasteiger partial charge in [-0.15, -0.1) is 0 Å². The van der Waals surface area contributed by atoms with Gasteiger partial charge in [-0.1, -0.05) is 146 Å². The highest BCUT2D eigenvalue weighted by Crippen LogP contribution is 2.53. The maximum atomic E-state index is 14.8. The maximum absolute atomic E-state index is 14.8. The van der Waals surface area contributed by atoms with Gasteiger partial charge in [0.2, 0.25) is 0 Å². The van der Waals surface area contributed by atoms with E-state index in [2.05, 4.69) is 60.7 Å².